The topological polar surface area (TPSA) is 94.5 Å². The number of aromatic nitrogens is 5. The van der Waals surface area contributed by atoms with Gasteiger partial charge in [-0.1, -0.05) is 28.9 Å². The second-order valence-electron chi connectivity index (χ2n) is 3.50. The molecule has 0 spiro atoms. The van der Waals surface area contributed by atoms with E-state index in [1.54, 1.807) is 4.68 Å². The lowest BCUT2D eigenvalue weighted by molar-refractivity contribution is 0.798. The Morgan fingerprint density at radius 2 is 2.11 bits per heavy atom. The fraction of sp³-hybridized carbons (Fsp3) is 0. The van der Waals surface area contributed by atoms with E-state index in [0.29, 0.717) is 10.8 Å². The Bertz CT molecular complexity index is 708. The summed E-state index contributed by atoms with van der Waals surface area (Å²) in [6.45, 7) is 0. The monoisotopic (exact) mass is 261 g/mol. The van der Waals surface area contributed by atoms with E-state index in [-0.39, 0.29) is 5.95 Å². The van der Waals surface area contributed by atoms with Crippen molar-refractivity contribution in [2.24, 2.45) is 5.84 Å². The zero-order chi connectivity index (χ0) is 12.5. The highest BCUT2D eigenvalue weighted by atomic mass is 35.5. The van der Waals surface area contributed by atoms with E-state index in [4.69, 9.17) is 17.4 Å². The van der Waals surface area contributed by atoms with E-state index >= 15 is 0 Å². The minimum absolute atomic E-state index is 0.258. The molecular weight excluding hydrogens is 254 g/mol. The fourth-order valence-corrected chi connectivity index (χ4v) is 1.77. The van der Waals surface area contributed by atoms with Crippen LogP contribution in [-0.2, 0) is 0 Å². The number of hydrazine groups is 1. The number of anilines is 1. The van der Waals surface area contributed by atoms with Crippen molar-refractivity contribution in [2.45, 2.75) is 0 Å². The van der Waals surface area contributed by atoms with Gasteiger partial charge in [-0.05, 0) is 12.1 Å². The van der Waals surface area contributed by atoms with Crippen molar-refractivity contribution in [3.8, 4) is 5.82 Å². The first-order chi connectivity index (χ1) is 8.79. The second kappa shape index (κ2) is 4.21. The van der Waals surface area contributed by atoms with Gasteiger partial charge in [-0.3, -0.25) is 5.43 Å². The van der Waals surface area contributed by atoms with Gasteiger partial charge in [-0.25, -0.2) is 10.8 Å². The lowest BCUT2D eigenvalue weighted by atomic mass is 10.3. The van der Waals surface area contributed by atoms with Crippen LogP contribution in [0.15, 0.2) is 30.5 Å². The molecule has 0 saturated heterocycles. The molecule has 0 aliphatic carbocycles. The Morgan fingerprint density at radius 1 is 1.28 bits per heavy atom. The van der Waals surface area contributed by atoms with Crippen LogP contribution >= 0.6 is 11.6 Å². The van der Waals surface area contributed by atoms with Crippen molar-refractivity contribution in [1.82, 2.24) is 25.0 Å². The van der Waals surface area contributed by atoms with Crippen LogP contribution in [0.4, 0.5) is 5.95 Å². The SMILES string of the molecule is NNc1ncc(Cl)c(-n2nnc3ccccc32)n1. The summed E-state index contributed by atoms with van der Waals surface area (Å²) in [6.07, 6.45) is 1.45. The zero-order valence-electron chi connectivity index (χ0n) is 9.08. The molecule has 0 fully saturated rings. The van der Waals surface area contributed by atoms with Crippen LogP contribution in [0.25, 0.3) is 16.9 Å². The molecule has 1 aromatic carbocycles. The third kappa shape index (κ3) is 1.66. The van der Waals surface area contributed by atoms with Crippen LogP contribution in [-0.4, -0.2) is 25.0 Å². The Morgan fingerprint density at radius 3 is 2.94 bits per heavy atom. The van der Waals surface area contributed by atoms with Gasteiger partial charge >= 0.3 is 0 Å². The molecule has 3 N–H and O–H groups in total. The summed E-state index contributed by atoms with van der Waals surface area (Å²) in [5.74, 6) is 5.95. The van der Waals surface area contributed by atoms with Gasteiger partial charge in [0.05, 0.1) is 11.7 Å². The van der Waals surface area contributed by atoms with E-state index in [1.165, 1.54) is 6.20 Å². The molecule has 0 bridgehead atoms. The average Bonchev–Trinajstić information content (AvgIpc) is 2.83. The maximum absolute atomic E-state index is 6.06. The average molecular weight is 262 g/mol. The highest BCUT2D eigenvalue weighted by Crippen LogP contribution is 2.21. The van der Waals surface area contributed by atoms with Crippen molar-refractivity contribution in [1.29, 1.82) is 0 Å². The molecule has 0 aliphatic heterocycles. The van der Waals surface area contributed by atoms with E-state index in [2.05, 4.69) is 25.7 Å². The Hall–Kier alpha value is -2.25. The highest BCUT2D eigenvalue weighted by Gasteiger charge is 2.12. The van der Waals surface area contributed by atoms with Gasteiger partial charge in [0.2, 0.25) is 5.95 Å². The molecule has 8 heteroatoms. The van der Waals surface area contributed by atoms with Gasteiger partial charge in [0, 0.05) is 0 Å². The summed E-state index contributed by atoms with van der Waals surface area (Å²) in [7, 11) is 0. The van der Waals surface area contributed by atoms with E-state index in [1.807, 2.05) is 24.3 Å². The van der Waals surface area contributed by atoms with E-state index in [9.17, 15) is 0 Å². The number of nitrogens with one attached hydrogen (secondary N) is 1. The van der Waals surface area contributed by atoms with Crippen molar-refractivity contribution in [2.75, 3.05) is 5.43 Å². The number of hydrogen-bond donors (Lipinski definition) is 2. The Balaban J connectivity index is 2.25. The third-order valence-corrected chi connectivity index (χ3v) is 2.67. The molecule has 0 saturated carbocycles. The molecular formula is C10H8ClN7. The largest absolute Gasteiger partial charge is 0.292 e. The summed E-state index contributed by atoms with van der Waals surface area (Å²) in [5, 5.41) is 8.42. The van der Waals surface area contributed by atoms with Gasteiger partial charge in [0.15, 0.2) is 5.82 Å². The first kappa shape index (κ1) is 10.9. The van der Waals surface area contributed by atoms with Gasteiger partial charge < -0.3 is 0 Å². The van der Waals surface area contributed by atoms with Gasteiger partial charge in [-0.2, -0.15) is 9.67 Å². The summed E-state index contributed by atoms with van der Waals surface area (Å²) in [6, 6.07) is 7.51. The predicted molar refractivity (Wildman–Crippen MR) is 67.3 cm³/mol. The number of hydrogen-bond acceptors (Lipinski definition) is 6. The Kier molecular flexibility index (Phi) is 2.54. The second-order valence-corrected chi connectivity index (χ2v) is 3.91. The summed E-state index contributed by atoms with van der Waals surface area (Å²) in [4.78, 5) is 8.07. The number of rotatable bonds is 2. The molecule has 2 heterocycles. The number of benzene rings is 1. The van der Waals surface area contributed by atoms with Crippen molar-refractivity contribution in [3.05, 3.63) is 35.5 Å². The Labute approximate surface area is 107 Å². The predicted octanol–water partition coefficient (Wildman–Crippen LogP) is 1.15. The fourth-order valence-electron chi connectivity index (χ4n) is 1.60. The van der Waals surface area contributed by atoms with Crippen LogP contribution in [0.2, 0.25) is 5.02 Å². The lowest BCUT2D eigenvalue weighted by Gasteiger charge is -2.05. The van der Waals surface area contributed by atoms with Crippen LogP contribution in [0.5, 0.6) is 0 Å². The zero-order valence-corrected chi connectivity index (χ0v) is 9.83. The van der Waals surface area contributed by atoms with E-state index < -0.39 is 0 Å². The molecule has 7 nitrogen and oxygen atoms in total. The highest BCUT2D eigenvalue weighted by molar-refractivity contribution is 6.32. The molecule has 0 atom stereocenters. The van der Waals surface area contributed by atoms with Gasteiger partial charge in [0.25, 0.3) is 0 Å². The van der Waals surface area contributed by atoms with Crippen LogP contribution in [0, 0.1) is 0 Å². The number of fused-ring (bicyclic) bond motifs is 1. The minimum Gasteiger partial charge on any atom is -0.292 e. The summed E-state index contributed by atoms with van der Waals surface area (Å²) >= 11 is 6.06. The molecule has 3 aromatic rings. The number of nitrogens with zero attached hydrogens (tertiary/aromatic N) is 5. The lowest BCUT2D eigenvalue weighted by Crippen LogP contribution is -2.12. The summed E-state index contributed by atoms with van der Waals surface area (Å²) in [5.41, 5.74) is 3.93. The number of nitrogens with two attached hydrogens (primary N) is 1. The number of nitrogen functional groups attached to an aromatic ring is 1. The molecule has 0 amide bonds. The van der Waals surface area contributed by atoms with Crippen LogP contribution in [0.3, 0.4) is 0 Å². The molecule has 0 radical (unpaired) electrons. The standard InChI is InChI=1S/C10H8ClN7/c11-6-5-13-10(15-12)14-9(6)18-8-4-2-1-3-7(8)16-17-18/h1-5H,12H2,(H,13,14,15). The van der Waals surface area contributed by atoms with Gasteiger partial charge in [-0.15, -0.1) is 5.10 Å². The maximum atomic E-state index is 6.06. The molecule has 0 unspecified atom stereocenters. The molecule has 2 aromatic heterocycles. The summed E-state index contributed by atoms with van der Waals surface area (Å²) < 4.78 is 1.54. The molecule has 90 valence electrons. The van der Waals surface area contributed by atoms with Crippen LogP contribution in [0.1, 0.15) is 0 Å². The van der Waals surface area contributed by atoms with Gasteiger partial charge in [0.1, 0.15) is 10.5 Å². The minimum atomic E-state index is 0.258. The van der Waals surface area contributed by atoms with Crippen molar-refractivity contribution >= 4 is 28.6 Å². The quantitative estimate of drug-likeness (QED) is 0.531. The molecule has 3 rings (SSSR count). The number of para-hydroxylation sites is 1. The third-order valence-electron chi connectivity index (χ3n) is 2.41. The smallest absolute Gasteiger partial charge is 0.239 e. The van der Waals surface area contributed by atoms with Crippen LogP contribution < -0.4 is 11.3 Å². The first-order valence-electron chi connectivity index (χ1n) is 5.09. The van der Waals surface area contributed by atoms with Crippen molar-refractivity contribution in [3.63, 3.8) is 0 Å². The number of halogens is 1. The van der Waals surface area contributed by atoms with Crippen molar-refractivity contribution < 1.29 is 0 Å². The first-order valence-corrected chi connectivity index (χ1v) is 5.47. The van der Waals surface area contributed by atoms with E-state index in [0.717, 1.165) is 11.0 Å². The normalized spacial score (nSPS) is 10.8. The maximum Gasteiger partial charge on any atom is 0.239 e. The molecule has 0 aliphatic rings. The molecule has 18 heavy (non-hydrogen) atoms.